The Balaban J connectivity index is 0.000000509. The molecule has 0 spiro atoms. The fourth-order valence-electron chi connectivity index (χ4n) is 1.87. The van der Waals surface area contributed by atoms with Crippen LogP contribution in [0.15, 0.2) is 12.3 Å². The molecular formula is C14H24FN. The van der Waals surface area contributed by atoms with Gasteiger partial charge in [-0.1, -0.05) is 41.5 Å². The summed E-state index contributed by atoms with van der Waals surface area (Å²) in [5, 5.41) is 0. The van der Waals surface area contributed by atoms with Crippen LogP contribution in [-0.2, 0) is 11.8 Å². The highest BCUT2D eigenvalue weighted by Gasteiger charge is 2.29. The number of aromatic nitrogens is 1. The Kier molecular flexibility index (Phi) is 6.24. The molecule has 1 aliphatic rings. The Bertz CT molecular complexity index is 319. The van der Waals surface area contributed by atoms with Crippen molar-refractivity contribution in [3.63, 3.8) is 0 Å². The molecule has 1 aromatic heterocycles. The number of hydrogen-bond donors (Lipinski definition) is 0. The number of hydrogen-bond acceptors (Lipinski definition) is 1. The number of pyridine rings is 1. The van der Waals surface area contributed by atoms with Crippen LogP contribution < -0.4 is 0 Å². The number of rotatable bonds is 0. The summed E-state index contributed by atoms with van der Waals surface area (Å²) in [5.41, 5.74) is 2.53. The molecule has 1 heterocycles. The van der Waals surface area contributed by atoms with Crippen molar-refractivity contribution < 1.29 is 4.39 Å². The average Bonchev–Trinajstić information content (AvgIpc) is 2.60. The highest BCUT2D eigenvalue weighted by molar-refractivity contribution is 5.35. The fourth-order valence-corrected chi connectivity index (χ4v) is 1.87. The van der Waals surface area contributed by atoms with Gasteiger partial charge in [-0.3, -0.25) is 0 Å². The first-order valence-electron chi connectivity index (χ1n) is 6.24. The van der Waals surface area contributed by atoms with Crippen LogP contribution in [-0.4, -0.2) is 4.98 Å². The predicted octanol–water partition coefficient (Wildman–Crippen LogP) is 4.50. The van der Waals surface area contributed by atoms with Crippen molar-refractivity contribution in [1.29, 1.82) is 0 Å². The molecule has 0 aliphatic heterocycles. The maximum absolute atomic E-state index is 12.7. The van der Waals surface area contributed by atoms with Crippen molar-refractivity contribution in [3.05, 3.63) is 29.3 Å². The minimum atomic E-state index is -0.355. The summed E-state index contributed by atoms with van der Waals surface area (Å²) in [7, 11) is 0. The van der Waals surface area contributed by atoms with Crippen LogP contribution in [0.5, 0.6) is 0 Å². The van der Waals surface area contributed by atoms with Crippen LogP contribution in [0.3, 0.4) is 0 Å². The summed E-state index contributed by atoms with van der Waals surface area (Å²) in [6.07, 6.45) is 3.77. The first kappa shape index (κ1) is 15.1. The molecule has 1 aromatic rings. The van der Waals surface area contributed by atoms with Crippen LogP contribution in [0, 0.1) is 5.95 Å². The van der Waals surface area contributed by atoms with E-state index in [1.807, 2.05) is 27.7 Å². The molecule has 92 valence electrons. The Hall–Kier alpha value is -0.920. The lowest BCUT2D eigenvalue weighted by Crippen LogP contribution is -2.12. The normalized spacial score (nSPS) is 15.2. The molecule has 0 fully saturated rings. The van der Waals surface area contributed by atoms with Gasteiger partial charge in [0, 0.05) is 6.20 Å². The van der Waals surface area contributed by atoms with Crippen LogP contribution in [0.4, 0.5) is 4.39 Å². The molecule has 0 saturated carbocycles. The third-order valence-electron chi connectivity index (χ3n) is 2.70. The van der Waals surface area contributed by atoms with Gasteiger partial charge in [0.05, 0.1) is 0 Å². The molecule has 0 N–H and O–H groups in total. The molecule has 0 radical (unpaired) electrons. The number of halogens is 1. The predicted molar refractivity (Wildman–Crippen MR) is 68.2 cm³/mol. The van der Waals surface area contributed by atoms with Gasteiger partial charge >= 0.3 is 0 Å². The van der Waals surface area contributed by atoms with Gasteiger partial charge in [0.2, 0.25) is 5.95 Å². The summed E-state index contributed by atoms with van der Waals surface area (Å²) in [6, 6.07) is 1.56. The lowest BCUT2D eigenvalue weighted by molar-refractivity contribution is 0.519. The van der Waals surface area contributed by atoms with E-state index in [0.29, 0.717) is 0 Å². The van der Waals surface area contributed by atoms with E-state index in [9.17, 15) is 4.39 Å². The lowest BCUT2D eigenvalue weighted by atomic mass is 9.88. The topological polar surface area (TPSA) is 12.9 Å². The Morgan fingerprint density at radius 3 is 2.31 bits per heavy atom. The van der Waals surface area contributed by atoms with E-state index in [1.165, 1.54) is 5.56 Å². The van der Waals surface area contributed by atoms with Crippen LogP contribution >= 0.6 is 0 Å². The zero-order chi connectivity index (χ0) is 12.8. The van der Waals surface area contributed by atoms with Gasteiger partial charge in [-0.05, 0) is 35.4 Å². The molecule has 16 heavy (non-hydrogen) atoms. The third kappa shape index (κ3) is 3.29. The maximum atomic E-state index is 12.7. The number of nitrogens with zero attached hydrogens (tertiary/aromatic N) is 1. The van der Waals surface area contributed by atoms with Gasteiger partial charge in [0.25, 0.3) is 0 Å². The van der Waals surface area contributed by atoms with Crippen LogP contribution in [0.1, 0.15) is 59.1 Å². The monoisotopic (exact) mass is 225 g/mol. The largest absolute Gasteiger partial charge is 0.228 e. The van der Waals surface area contributed by atoms with Gasteiger partial charge in [-0.25, -0.2) is 4.98 Å². The molecule has 0 aromatic carbocycles. The highest BCUT2D eigenvalue weighted by Crippen LogP contribution is 2.37. The molecule has 0 saturated heterocycles. The zero-order valence-electron chi connectivity index (χ0n) is 11.4. The molecule has 0 amide bonds. The maximum Gasteiger partial charge on any atom is 0.213 e. The molecule has 1 aliphatic carbocycles. The quantitative estimate of drug-likeness (QED) is 0.592. The van der Waals surface area contributed by atoms with Gasteiger partial charge in [-0.15, -0.1) is 0 Å². The minimum absolute atomic E-state index is 0.191. The molecule has 0 atom stereocenters. The van der Waals surface area contributed by atoms with E-state index in [-0.39, 0.29) is 11.4 Å². The van der Waals surface area contributed by atoms with E-state index in [4.69, 9.17) is 0 Å². The zero-order valence-corrected chi connectivity index (χ0v) is 11.4. The summed E-state index contributed by atoms with van der Waals surface area (Å²) >= 11 is 0. The Morgan fingerprint density at radius 1 is 1.19 bits per heavy atom. The van der Waals surface area contributed by atoms with Gasteiger partial charge < -0.3 is 0 Å². The van der Waals surface area contributed by atoms with E-state index in [1.54, 1.807) is 12.3 Å². The summed E-state index contributed by atoms with van der Waals surface area (Å²) < 4.78 is 12.7. The standard InChI is InChI=1S/C10H12FN.2C2H6/c1-10(2)4-3-7-5-9(11)12-6-8(7)10;2*1-2/h5-6H,3-4H2,1-2H3;2*1-2H3. The second-order valence-corrected chi connectivity index (χ2v) is 4.05. The lowest BCUT2D eigenvalue weighted by Gasteiger charge is -2.17. The molecule has 2 rings (SSSR count). The van der Waals surface area contributed by atoms with Gasteiger partial charge in [-0.2, -0.15) is 4.39 Å². The summed E-state index contributed by atoms with van der Waals surface area (Å²) in [4.78, 5) is 3.68. The second-order valence-electron chi connectivity index (χ2n) is 4.05. The molecule has 1 nitrogen and oxygen atoms in total. The van der Waals surface area contributed by atoms with Crippen molar-refractivity contribution in [3.8, 4) is 0 Å². The molecular weight excluding hydrogens is 201 g/mol. The van der Waals surface area contributed by atoms with Crippen molar-refractivity contribution >= 4 is 0 Å². The first-order valence-corrected chi connectivity index (χ1v) is 6.24. The fraction of sp³-hybridized carbons (Fsp3) is 0.643. The summed E-state index contributed by atoms with van der Waals surface area (Å²) in [6.45, 7) is 12.4. The molecule has 0 unspecified atom stereocenters. The van der Waals surface area contributed by atoms with E-state index < -0.39 is 0 Å². The van der Waals surface area contributed by atoms with Crippen molar-refractivity contribution in [2.75, 3.05) is 0 Å². The minimum Gasteiger partial charge on any atom is -0.228 e. The van der Waals surface area contributed by atoms with Crippen molar-refractivity contribution in [2.45, 2.75) is 59.8 Å². The smallest absolute Gasteiger partial charge is 0.213 e. The van der Waals surface area contributed by atoms with Crippen LogP contribution in [0.2, 0.25) is 0 Å². The van der Waals surface area contributed by atoms with Crippen molar-refractivity contribution in [2.24, 2.45) is 0 Å². The van der Waals surface area contributed by atoms with Gasteiger partial charge in [0.1, 0.15) is 0 Å². The summed E-state index contributed by atoms with van der Waals surface area (Å²) in [5.74, 6) is -0.355. The van der Waals surface area contributed by atoms with Gasteiger partial charge in [0.15, 0.2) is 0 Å². The average molecular weight is 225 g/mol. The third-order valence-corrected chi connectivity index (χ3v) is 2.70. The molecule has 2 heteroatoms. The van der Waals surface area contributed by atoms with E-state index in [0.717, 1.165) is 18.4 Å². The Labute approximate surface area is 99.1 Å². The highest BCUT2D eigenvalue weighted by atomic mass is 19.1. The van der Waals surface area contributed by atoms with Crippen LogP contribution in [0.25, 0.3) is 0 Å². The number of aryl methyl sites for hydroxylation is 1. The van der Waals surface area contributed by atoms with E-state index >= 15 is 0 Å². The SMILES string of the molecule is CC.CC.CC1(C)CCc2cc(F)ncc21. The molecule has 0 bridgehead atoms. The van der Waals surface area contributed by atoms with E-state index in [2.05, 4.69) is 18.8 Å². The second kappa shape index (κ2) is 6.62. The Morgan fingerprint density at radius 2 is 1.75 bits per heavy atom. The van der Waals surface area contributed by atoms with Crippen molar-refractivity contribution in [1.82, 2.24) is 4.98 Å². The first-order chi connectivity index (χ1) is 7.59. The number of fused-ring (bicyclic) bond motifs is 1.